The first-order chi connectivity index (χ1) is 17.3. The van der Waals surface area contributed by atoms with Gasteiger partial charge < -0.3 is 15.8 Å². The zero-order valence-electron chi connectivity index (χ0n) is 20.1. The number of hydrogen-bond donors (Lipinski definition) is 2. The molecule has 2 unspecified atom stereocenters. The Morgan fingerprint density at radius 1 is 1.39 bits per heavy atom. The lowest BCUT2D eigenvalue weighted by Crippen LogP contribution is -2.20. The Morgan fingerprint density at radius 3 is 2.83 bits per heavy atom. The molecule has 2 amide bonds. The van der Waals surface area contributed by atoms with Crippen molar-refractivity contribution >= 4 is 55.8 Å². The number of rotatable bonds is 10. The lowest BCUT2D eigenvalue weighted by molar-refractivity contribution is -0.113. The largest absolute Gasteiger partial charge is 0.483 e. The average molecular weight is 591 g/mol. The van der Waals surface area contributed by atoms with Crippen LogP contribution in [-0.2, 0) is 24.2 Å². The van der Waals surface area contributed by atoms with Crippen LogP contribution in [-0.4, -0.2) is 32.3 Å². The van der Waals surface area contributed by atoms with Gasteiger partial charge in [0.25, 0.3) is 5.91 Å². The number of ether oxygens (including phenoxy) is 1. The minimum absolute atomic E-state index is 0.106. The Balaban J connectivity index is 1.44. The number of allylic oxidation sites excluding steroid dienone is 1. The Bertz CT molecular complexity index is 1270. The molecular weight excluding hydrogens is 562 g/mol. The van der Waals surface area contributed by atoms with Gasteiger partial charge in [-0.05, 0) is 61.9 Å². The molecule has 3 N–H and O–H groups in total. The fourth-order valence-corrected chi connectivity index (χ4v) is 6.62. The van der Waals surface area contributed by atoms with Gasteiger partial charge in [-0.15, -0.1) is 28.1 Å². The van der Waals surface area contributed by atoms with Crippen molar-refractivity contribution in [3.8, 4) is 5.75 Å². The minimum atomic E-state index is -0.500. The van der Waals surface area contributed by atoms with Crippen LogP contribution in [0.4, 0.5) is 5.00 Å². The minimum Gasteiger partial charge on any atom is -0.483 e. The van der Waals surface area contributed by atoms with Gasteiger partial charge >= 0.3 is 0 Å². The molecule has 36 heavy (non-hydrogen) atoms. The Kier molecular flexibility index (Phi) is 8.53. The Morgan fingerprint density at radius 2 is 2.14 bits per heavy atom. The molecule has 8 nitrogen and oxygen atoms in total. The molecule has 0 saturated heterocycles. The van der Waals surface area contributed by atoms with Crippen LogP contribution in [0.15, 0.2) is 46.5 Å². The molecule has 0 spiro atoms. The molecule has 4 rings (SSSR count). The first kappa shape index (κ1) is 26.4. The zero-order valence-corrected chi connectivity index (χ0v) is 23.3. The van der Waals surface area contributed by atoms with Gasteiger partial charge in [0.15, 0.2) is 17.1 Å². The number of fused-ring (bicyclic) bond motifs is 1. The molecule has 0 aliphatic heterocycles. The quantitative estimate of drug-likeness (QED) is 0.242. The second-order valence-electron chi connectivity index (χ2n) is 8.71. The van der Waals surface area contributed by atoms with Crippen molar-refractivity contribution in [1.82, 2.24) is 14.8 Å². The smallest absolute Gasteiger partial charge is 0.251 e. The summed E-state index contributed by atoms with van der Waals surface area (Å²) in [5.74, 6) is 1.27. The lowest BCUT2D eigenvalue weighted by Gasteiger charge is -2.18. The number of primary amides is 1. The zero-order chi connectivity index (χ0) is 25.8. The summed E-state index contributed by atoms with van der Waals surface area (Å²) in [6.45, 7) is 8.40. The van der Waals surface area contributed by atoms with Crippen LogP contribution in [0.1, 0.15) is 53.0 Å². The number of carbonyl (C=O) groups excluding carboxylic acids is 2. The van der Waals surface area contributed by atoms with E-state index in [0.29, 0.717) is 39.8 Å². The topological polar surface area (TPSA) is 112 Å². The summed E-state index contributed by atoms with van der Waals surface area (Å²) in [6.07, 6.45) is 4.11. The molecule has 0 fully saturated rings. The van der Waals surface area contributed by atoms with Gasteiger partial charge in [0.2, 0.25) is 5.91 Å². The molecule has 3 aromatic rings. The van der Waals surface area contributed by atoms with E-state index in [-0.39, 0.29) is 17.8 Å². The van der Waals surface area contributed by atoms with Crippen molar-refractivity contribution < 1.29 is 14.3 Å². The van der Waals surface area contributed by atoms with E-state index in [0.717, 1.165) is 34.2 Å². The number of aromatic nitrogens is 3. The highest BCUT2D eigenvalue weighted by Crippen LogP contribution is 2.39. The number of anilines is 1. The average Bonchev–Trinajstić information content (AvgIpc) is 3.39. The van der Waals surface area contributed by atoms with E-state index >= 15 is 0 Å². The van der Waals surface area contributed by atoms with Gasteiger partial charge in [-0.25, -0.2) is 0 Å². The number of carbonyl (C=O) groups is 2. The maximum absolute atomic E-state index is 12.8. The summed E-state index contributed by atoms with van der Waals surface area (Å²) in [6, 6.07) is 7.56. The fraction of sp³-hybridized carbons (Fsp3) is 0.360. The number of amides is 2. The molecule has 1 aromatic carbocycles. The van der Waals surface area contributed by atoms with Crippen LogP contribution in [0.3, 0.4) is 0 Å². The maximum Gasteiger partial charge on any atom is 0.251 e. The van der Waals surface area contributed by atoms with Crippen LogP contribution in [0.5, 0.6) is 5.75 Å². The predicted molar refractivity (Wildman–Crippen MR) is 147 cm³/mol. The van der Waals surface area contributed by atoms with Crippen molar-refractivity contribution in [2.24, 2.45) is 11.7 Å². The first-order valence-electron chi connectivity index (χ1n) is 11.6. The van der Waals surface area contributed by atoms with Crippen LogP contribution in [0.25, 0.3) is 0 Å². The van der Waals surface area contributed by atoms with Crippen molar-refractivity contribution in [3.63, 3.8) is 0 Å². The van der Waals surface area contributed by atoms with Crippen molar-refractivity contribution in [2.75, 3.05) is 11.1 Å². The van der Waals surface area contributed by atoms with Crippen LogP contribution >= 0.6 is 39.0 Å². The van der Waals surface area contributed by atoms with E-state index in [4.69, 9.17) is 10.5 Å². The SMILES string of the molecule is C=CCn1c(SCC(=O)Nc2sc3c(c2C(N)=O)CCC(C)C3)nnc1C(C)Oc1ccc(Br)cc1. The monoisotopic (exact) mass is 589 g/mol. The number of thioether (sulfide) groups is 1. The lowest BCUT2D eigenvalue weighted by atomic mass is 9.88. The number of nitrogens with zero attached hydrogens (tertiary/aromatic N) is 3. The van der Waals surface area contributed by atoms with Gasteiger partial charge in [-0.1, -0.05) is 40.7 Å². The number of hydrogen-bond acceptors (Lipinski definition) is 7. The number of nitrogens with two attached hydrogens (primary N) is 1. The number of thiophene rings is 1. The highest BCUT2D eigenvalue weighted by atomic mass is 79.9. The Labute approximate surface area is 226 Å². The highest BCUT2D eigenvalue weighted by molar-refractivity contribution is 9.10. The molecule has 11 heteroatoms. The van der Waals surface area contributed by atoms with Gasteiger partial charge in [-0.2, -0.15) is 0 Å². The third kappa shape index (κ3) is 6.01. The van der Waals surface area contributed by atoms with Crippen LogP contribution in [0.2, 0.25) is 0 Å². The first-order valence-corrected chi connectivity index (χ1v) is 14.2. The van der Waals surface area contributed by atoms with E-state index in [2.05, 4.69) is 44.9 Å². The summed E-state index contributed by atoms with van der Waals surface area (Å²) < 4.78 is 8.88. The summed E-state index contributed by atoms with van der Waals surface area (Å²) >= 11 is 6.14. The summed E-state index contributed by atoms with van der Waals surface area (Å²) in [4.78, 5) is 26.1. The van der Waals surface area contributed by atoms with E-state index in [1.54, 1.807) is 6.08 Å². The number of halogens is 1. The summed E-state index contributed by atoms with van der Waals surface area (Å²) in [5.41, 5.74) is 7.12. The molecule has 2 heterocycles. The van der Waals surface area contributed by atoms with Crippen LogP contribution in [0, 0.1) is 5.92 Å². The Hall–Kier alpha value is -2.63. The number of nitrogens with one attached hydrogen (secondary N) is 1. The van der Waals surface area contributed by atoms with Crippen molar-refractivity contribution in [3.05, 3.63) is 63.2 Å². The van der Waals surface area contributed by atoms with E-state index < -0.39 is 5.91 Å². The maximum atomic E-state index is 12.8. The van der Waals surface area contributed by atoms with Gasteiger partial charge in [0.05, 0.1) is 11.3 Å². The molecule has 0 radical (unpaired) electrons. The molecule has 190 valence electrons. The van der Waals surface area contributed by atoms with Gasteiger partial charge in [0.1, 0.15) is 10.8 Å². The molecule has 2 aromatic heterocycles. The molecule has 1 aliphatic carbocycles. The van der Waals surface area contributed by atoms with Crippen LogP contribution < -0.4 is 15.8 Å². The number of benzene rings is 1. The fourth-order valence-electron chi connectivity index (χ4n) is 4.17. The van der Waals surface area contributed by atoms with Crippen molar-refractivity contribution in [1.29, 1.82) is 0 Å². The second-order valence-corrected chi connectivity index (χ2v) is 11.7. The van der Waals surface area contributed by atoms with E-state index in [1.807, 2.05) is 35.8 Å². The molecule has 1 aliphatic rings. The third-order valence-electron chi connectivity index (χ3n) is 5.89. The molecule has 2 atom stereocenters. The summed E-state index contributed by atoms with van der Waals surface area (Å²) in [7, 11) is 0. The molecule has 0 bridgehead atoms. The molecule has 0 saturated carbocycles. The van der Waals surface area contributed by atoms with E-state index in [9.17, 15) is 9.59 Å². The van der Waals surface area contributed by atoms with Gasteiger partial charge in [-0.3, -0.25) is 14.2 Å². The van der Waals surface area contributed by atoms with Gasteiger partial charge in [0, 0.05) is 15.9 Å². The van der Waals surface area contributed by atoms with Crippen molar-refractivity contribution in [2.45, 2.75) is 50.9 Å². The second kappa shape index (κ2) is 11.6. The highest BCUT2D eigenvalue weighted by Gasteiger charge is 2.27. The molecular formula is C25H28BrN5O3S2. The normalized spacial score (nSPS) is 15.7. The summed E-state index contributed by atoms with van der Waals surface area (Å²) in [5, 5.41) is 12.6. The predicted octanol–water partition coefficient (Wildman–Crippen LogP) is 5.38. The standard InChI is InChI=1S/C25H28BrN5O3S2/c1-4-11-31-23(15(3)34-17-8-6-16(26)7-9-17)29-30-25(31)35-13-20(32)28-24-21(22(27)33)18-10-5-14(2)12-19(18)36-24/h4,6-9,14-15H,1,5,10-13H2,2-3H3,(H2,27,33)(H,28,32). The van der Waals surface area contributed by atoms with E-state index in [1.165, 1.54) is 23.1 Å². The third-order valence-corrected chi connectivity index (χ3v) is 8.56.